The fourth-order valence-electron chi connectivity index (χ4n) is 1.40. The summed E-state index contributed by atoms with van der Waals surface area (Å²) in [6, 6.07) is 4.17. The summed E-state index contributed by atoms with van der Waals surface area (Å²) in [4.78, 5) is 11.8. The van der Waals surface area contributed by atoms with E-state index in [0.29, 0.717) is 11.1 Å². The molecule has 1 amide bonds. The van der Waals surface area contributed by atoms with Gasteiger partial charge in [-0.3, -0.25) is 4.79 Å². The molecular weight excluding hydrogens is 289 g/mol. The molecule has 94 valence electrons. The number of nitrogens with one attached hydrogen (secondary N) is 1. The standard InChI is InChI=1S/C12H15BrFNO2/c1-3-9(7-17-2)15-12(16)10-6-8(13)4-5-11(10)14/h4-6,9H,3,7H2,1-2H3,(H,15,16). The average molecular weight is 304 g/mol. The first-order valence-corrected chi connectivity index (χ1v) is 6.12. The Balaban J connectivity index is 2.78. The first-order valence-electron chi connectivity index (χ1n) is 5.33. The summed E-state index contributed by atoms with van der Waals surface area (Å²) in [7, 11) is 1.56. The Bertz CT molecular complexity index is 398. The second-order valence-electron chi connectivity index (χ2n) is 3.66. The molecule has 1 N–H and O–H groups in total. The van der Waals surface area contributed by atoms with E-state index in [1.807, 2.05) is 6.92 Å². The van der Waals surface area contributed by atoms with Crippen molar-refractivity contribution < 1.29 is 13.9 Å². The van der Waals surface area contributed by atoms with Gasteiger partial charge >= 0.3 is 0 Å². The SMILES string of the molecule is CCC(COC)NC(=O)c1cc(Br)ccc1F. The predicted octanol–water partition coefficient (Wildman–Crippen LogP) is 2.74. The molecule has 0 saturated carbocycles. The molecular formula is C12H15BrFNO2. The Kier molecular flexibility index (Phi) is 5.58. The lowest BCUT2D eigenvalue weighted by Gasteiger charge is -2.16. The average Bonchev–Trinajstić information content (AvgIpc) is 2.31. The van der Waals surface area contributed by atoms with Gasteiger partial charge in [-0.25, -0.2) is 4.39 Å². The molecule has 0 heterocycles. The molecule has 1 rings (SSSR count). The maximum atomic E-state index is 13.4. The zero-order valence-electron chi connectivity index (χ0n) is 9.80. The second kappa shape index (κ2) is 6.71. The number of methoxy groups -OCH3 is 1. The monoisotopic (exact) mass is 303 g/mol. The van der Waals surface area contributed by atoms with E-state index in [1.54, 1.807) is 13.2 Å². The zero-order chi connectivity index (χ0) is 12.8. The van der Waals surface area contributed by atoms with Crippen molar-refractivity contribution in [2.75, 3.05) is 13.7 Å². The van der Waals surface area contributed by atoms with Gasteiger partial charge in [0.15, 0.2) is 0 Å². The number of amides is 1. The van der Waals surface area contributed by atoms with Crippen LogP contribution in [0.3, 0.4) is 0 Å². The van der Waals surface area contributed by atoms with Gasteiger partial charge in [-0.1, -0.05) is 22.9 Å². The Labute approximate surface area is 108 Å². The lowest BCUT2D eigenvalue weighted by Crippen LogP contribution is -2.37. The molecule has 0 aliphatic carbocycles. The Hall–Kier alpha value is -0.940. The Morgan fingerprint density at radius 2 is 2.29 bits per heavy atom. The lowest BCUT2D eigenvalue weighted by atomic mass is 10.1. The molecule has 0 aliphatic rings. The topological polar surface area (TPSA) is 38.3 Å². The van der Waals surface area contributed by atoms with Gasteiger partial charge in [0.05, 0.1) is 18.2 Å². The van der Waals surface area contributed by atoms with E-state index in [4.69, 9.17) is 4.74 Å². The molecule has 0 fully saturated rings. The van der Waals surface area contributed by atoms with Gasteiger partial charge < -0.3 is 10.1 Å². The van der Waals surface area contributed by atoms with E-state index in [9.17, 15) is 9.18 Å². The van der Waals surface area contributed by atoms with Crippen molar-refractivity contribution in [2.24, 2.45) is 0 Å². The van der Waals surface area contributed by atoms with Gasteiger partial charge in [0.25, 0.3) is 5.91 Å². The minimum atomic E-state index is -0.530. The number of carbonyl (C=O) groups excluding carboxylic acids is 1. The molecule has 0 aromatic heterocycles. The third-order valence-corrected chi connectivity index (χ3v) is 2.86. The lowest BCUT2D eigenvalue weighted by molar-refractivity contribution is 0.0890. The van der Waals surface area contributed by atoms with Crippen LogP contribution in [0.2, 0.25) is 0 Å². The smallest absolute Gasteiger partial charge is 0.254 e. The van der Waals surface area contributed by atoms with Crippen molar-refractivity contribution >= 4 is 21.8 Å². The number of hydrogen-bond acceptors (Lipinski definition) is 2. The normalized spacial score (nSPS) is 12.2. The summed E-state index contributed by atoms with van der Waals surface area (Å²) in [6.07, 6.45) is 0.731. The molecule has 0 bridgehead atoms. The van der Waals surface area contributed by atoms with Crippen LogP contribution in [0.15, 0.2) is 22.7 Å². The predicted molar refractivity (Wildman–Crippen MR) is 67.5 cm³/mol. The molecule has 0 aliphatic heterocycles. The third-order valence-electron chi connectivity index (χ3n) is 2.37. The fraction of sp³-hybridized carbons (Fsp3) is 0.417. The van der Waals surface area contributed by atoms with Crippen molar-refractivity contribution in [3.63, 3.8) is 0 Å². The Morgan fingerprint density at radius 1 is 1.59 bits per heavy atom. The van der Waals surface area contributed by atoms with Gasteiger partial charge in [-0.05, 0) is 24.6 Å². The van der Waals surface area contributed by atoms with Crippen molar-refractivity contribution in [2.45, 2.75) is 19.4 Å². The molecule has 17 heavy (non-hydrogen) atoms. The van der Waals surface area contributed by atoms with Crippen LogP contribution in [0.25, 0.3) is 0 Å². The van der Waals surface area contributed by atoms with E-state index in [-0.39, 0.29) is 11.6 Å². The van der Waals surface area contributed by atoms with Crippen LogP contribution >= 0.6 is 15.9 Å². The second-order valence-corrected chi connectivity index (χ2v) is 4.57. The molecule has 1 aromatic carbocycles. The van der Waals surface area contributed by atoms with Crippen molar-refractivity contribution in [1.29, 1.82) is 0 Å². The van der Waals surface area contributed by atoms with Gasteiger partial charge in [0, 0.05) is 11.6 Å². The van der Waals surface area contributed by atoms with Gasteiger partial charge in [-0.15, -0.1) is 0 Å². The highest BCUT2D eigenvalue weighted by Crippen LogP contribution is 2.15. The summed E-state index contributed by atoms with van der Waals surface area (Å²) in [5, 5.41) is 2.73. The molecule has 1 aromatic rings. The van der Waals surface area contributed by atoms with Crippen LogP contribution in [0.1, 0.15) is 23.7 Å². The van der Waals surface area contributed by atoms with Crippen molar-refractivity contribution in [3.8, 4) is 0 Å². The van der Waals surface area contributed by atoms with E-state index in [1.165, 1.54) is 12.1 Å². The highest BCUT2D eigenvalue weighted by atomic mass is 79.9. The van der Waals surface area contributed by atoms with E-state index >= 15 is 0 Å². The zero-order valence-corrected chi connectivity index (χ0v) is 11.4. The van der Waals surface area contributed by atoms with Crippen LogP contribution in [0, 0.1) is 5.82 Å². The summed E-state index contributed by atoms with van der Waals surface area (Å²) < 4.78 is 19.1. The number of halogens is 2. The molecule has 0 radical (unpaired) electrons. The summed E-state index contributed by atoms with van der Waals surface area (Å²) in [5.74, 6) is -0.953. The van der Waals surface area contributed by atoms with E-state index in [0.717, 1.165) is 6.42 Å². The maximum absolute atomic E-state index is 13.4. The number of rotatable bonds is 5. The molecule has 1 atom stereocenters. The number of benzene rings is 1. The first-order chi connectivity index (χ1) is 8.08. The third kappa shape index (κ3) is 4.09. The largest absolute Gasteiger partial charge is 0.383 e. The highest BCUT2D eigenvalue weighted by molar-refractivity contribution is 9.10. The first kappa shape index (κ1) is 14.1. The maximum Gasteiger partial charge on any atom is 0.254 e. The van der Waals surface area contributed by atoms with Crippen LogP contribution in [-0.2, 0) is 4.74 Å². The molecule has 0 spiro atoms. The number of hydrogen-bond donors (Lipinski definition) is 1. The quantitative estimate of drug-likeness (QED) is 0.908. The van der Waals surface area contributed by atoms with Gasteiger partial charge in [0.1, 0.15) is 5.82 Å². The number of carbonyl (C=O) groups is 1. The molecule has 5 heteroatoms. The van der Waals surface area contributed by atoms with Crippen LogP contribution in [-0.4, -0.2) is 25.7 Å². The van der Waals surface area contributed by atoms with Gasteiger partial charge in [-0.2, -0.15) is 0 Å². The highest BCUT2D eigenvalue weighted by Gasteiger charge is 2.15. The summed E-state index contributed by atoms with van der Waals surface area (Å²) in [6.45, 7) is 2.35. The number of ether oxygens (including phenoxy) is 1. The molecule has 1 unspecified atom stereocenters. The summed E-state index contributed by atoms with van der Waals surface area (Å²) in [5.41, 5.74) is 0.0360. The van der Waals surface area contributed by atoms with E-state index < -0.39 is 11.7 Å². The molecule has 3 nitrogen and oxygen atoms in total. The fourth-order valence-corrected chi connectivity index (χ4v) is 1.76. The van der Waals surface area contributed by atoms with Gasteiger partial charge in [0.2, 0.25) is 0 Å². The van der Waals surface area contributed by atoms with Crippen molar-refractivity contribution in [1.82, 2.24) is 5.32 Å². The minimum absolute atomic E-state index is 0.0360. The minimum Gasteiger partial charge on any atom is -0.383 e. The van der Waals surface area contributed by atoms with Crippen LogP contribution in [0.5, 0.6) is 0 Å². The van der Waals surface area contributed by atoms with Crippen LogP contribution in [0.4, 0.5) is 4.39 Å². The molecule has 0 saturated heterocycles. The van der Waals surface area contributed by atoms with Crippen molar-refractivity contribution in [3.05, 3.63) is 34.1 Å². The van der Waals surface area contributed by atoms with E-state index in [2.05, 4.69) is 21.2 Å². The Morgan fingerprint density at radius 3 is 2.88 bits per heavy atom. The summed E-state index contributed by atoms with van der Waals surface area (Å²) >= 11 is 3.21. The van der Waals surface area contributed by atoms with Crippen LogP contribution < -0.4 is 5.32 Å².